The number of para-hydroxylation sites is 3. The smallest absolute Gasteiger partial charge is 0.198 e. The van der Waals surface area contributed by atoms with Gasteiger partial charge in [-0.25, -0.2) is 0 Å². The molecule has 0 aliphatic carbocycles. The molecule has 2 aliphatic heterocycles. The summed E-state index contributed by atoms with van der Waals surface area (Å²) in [7, 11) is -0.887. The highest BCUT2D eigenvalue weighted by Gasteiger charge is 2.41. The third-order valence-corrected chi connectivity index (χ3v) is 12.3. The normalized spacial score (nSPS) is 14.4. The molecule has 2 nitrogen and oxygen atoms in total. The monoisotopic (exact) mass is 582 g/mol. The summed E-state index contributed by atoms with van der Waals surface area (Å²) >= 11 is 0. The number of fused-ring (bicyclic) bond motifs is 3. The maximum atomic E-state index is 3.76. The molecule has 6 aromatic carbocycles. The van der Waals surface area contributed by atoms with Gasteiger partial charge in [0.2, 0.25) is 0 Å². The number of aromatic nitrogens is 1. The van der Waals surface area contributed by atoms with E-state index in [1.165, 1.54) is 71.4 Å². The Morgan fingerprint density at radius 3 is 2.25 bits per heavy atom. The van der Waals surface area contributed by atoms with Crippen molar-refractivity contribution in [2.75, 3.05) is 5.32 Å². The highest BCUT2D eigenvalue weighted by atomic mass is 28.3. The largest absolute Gasteiger partial charge is 0.355 e. The number of hydrogen-bond donors (Lipinski definition) is 1. The van der Waals surface area contributed by atoms with Crippen LogP contribution in [0.25, 0.3) is 49.4 Å². The predicted octanol–water partition coefficient (Wildman–Crippen LogP) is 8.23. The fourth-order valence-corrected chi connectivity index (χ4v) is 9.77. The molecule has 212 valence electrons. The summed E-state index contributed by atoms with van der Waals surface area (Å²) < 4.78 is 2.70. The third kappa shape index (κ3) is 3.38. The van der Waals surface area contributed by atoms with Gasteiger partial charge in [0.05, 0.1) is 13.6 Å². The van der Waals surface area contributed by atoms with Gasteiger partial charge in [-0.1, -0.05) is 124 Å². The van der Waals surface area contributed by atoms with E-state index in [1.54, 1.807) is 5.19 Å². The second kappa shape index (κ2) is 8.77. The van der Waals surface area contributed by atoms with E-state index in [1.807, 2.05) is 0 Å². The van der Waals surface area contributed by atoms with Gasteiger partial charge in [-0.05, 0) is 62.4 Å². The number of benzene rings is 6. The Labute approximate surface area is 260 Å². The molecule has 1 N–H and O–H groups in total. The van der Waals surface area contributed by atoms with E-state index in [9.17, 15) is 0 Å². The minimum absolute atomic E-state index is 0.0934. The van der Waals surface area contributed by atoms with Crippen LogP contribution in [0.5, 0.6) is 0 Å². The molecule has 9 rings (SSSR count). The van der Waals surface area contributed by atoms with Crippen LogP contribution in [0.3, 0.4) is 0 Å². The molecule has 0 unspecified atom stereocenters. The summed E-state index contributed by atoms with van der Waals surface area (Å²) in [6, 6.07) is 40.6. The van der Waals surface area contributed by atoms with Gasteiger partial charge in [0.25, 0.3) is 0 Å². The fourth-order valence-electron chi connectivity index (χ4n) is 8.20. The molecule has 0 atom stereocenters. The highest BCUT2D eigenvalue weighted by Crippen LogP contribution is 2.50. The summed E-state index contributed by atoms with van der Waals surface area (Å²) in [4.78, 5) is 0. The Bertz CT molecular complexity index is 2340. The van der Waals surface area contributed by atoms with Gasteiger partial charge in [-0.2, -0.15) is 0 Å². The lowest BCUT2D eigenvalue weighted by Gasteiger charge is -2.38. The average molecular weight is 583 g/mol. The fraction of sp³-hybridized carbons (Fsp3) is 0.150. The summed E-state index contributed by atoms with van der Waals surface area (Å²) in [6.07, 6.45) is 0. The molecule has 3 heterocycles. The Morgan fingerprint density at radius 1 is 0.682 bits per heavy atom. The van der Waals surface area contributed by atoms with Crippen LogP contribution < -0.4 is 21.4 Å². The van der Waals surface area contributed by atoms with Crippen molar-refractivity contribution in [2.45, 2.75) is 38.9 Å². The number of nitrogens with one attached hydrogen (secondary N) is 1. The highest BCUT2D eigenvalue weighted by molar-refractivity contribution is 6.91. The van der Waals surface area contributed by atoms with E-state index >= 15 is 0 Å². The summed E-state index contributed by atoms with van der Waals surface area (Å²) in [6.45, 7) is 12.4. The Hall–Kier alpha value is -4.54. The van der Waals surface area contributed by atoms with Crippen LogP contribution in [0.4, 0.5) is 11.4 Å². The van der Waals surface area contributed by atoms with E-state index in [2.05, 4.69) is 153 Å². The van der Waals surface area contributed by atoms with E-state index in [0.717, 1.165) is 18.7 Å². The minimum atomic E-state index is -1.82. The first-order chi connectivity index (χ1) is 21.2. The molecule has 2 aliphatic rings. The molecule has 7 aromatic rings. The van der Waals surface area contributed by atoms with Crippen molar-refractivity contribution in [3.05, 3.63) is 120 Å². The standard InChI is InChI=1S/C40H35BN2Si/c1-40(2)29-19-13-20-31-37(29)43-38-30(40)22-24-14-9-10-17-26(24)34(38)35-33(44(3,4)5)23-28(36(41-31)39(35)43)27-18-11-12-21-32(27)42-25-15-7-6-8-16-25/h6-23,41-42H,1-5H3. The quantitative estimate of drug-likeness (QED) is 0.207. The SMILES string of the molecule is CC1(C)c2cccc3c2-n2c4c(c(-c5ccccc5Nc5ccccc5)cc([Si](C)(C)C)c4c4c5ccccc5cc1c42)B3. The molecule has 0 saturated carbocycles. The average Bonchev–Trinajstić information content (AvgIpc) is 3.37. The van der Waals surface area contributed by atoms with Gasteiger partial charge < -0.3 is 9.88 Å². The van der Waals surface area contributed by atoms with Crippen molar-refractivity contribution >= 4 is 75.4 Å². The van der Waals surface area contributed by atoms with E-state index < -0.39 is 8.07 Å². The second-order valence-electron chi connectivity index (χ2n) is 14.3. The second-order valence-corrected chi connectivity index (χ2v) is 19.3. The van der Waals surface area contributed by atoms with E-state index in [4.69, 9.17) is 0 Å². The molecule has 0 amide bonds. The van der Waals surface area contributed by atoms with Crippen LogP contribution in [-0.2, 0) is 5.41 Å². The zero-order chi connectivity index (χ0) is 30.0. The van der Waals surface area contributed by atoms with Crippen molar-refractivity contribution < 1.29 is 0 Å². The molecule has 1 aromatic heterocycles. The number of hydrogen-bond acceptors (Lipinski definition) is 1. The number of rotatable bonds is 4. The topological polar surface area (TPSA) is 17.0 Å². The number of anilines is 2. The van der Waals surface area contributed by atoms with Gasteiger partial charge in [0.15, 0.2) is 7.28 Å². The maximum absolute atomic E-state index is 3.76. The zero-order valence-corrected chi connectivity index (χ0v) is 27.0. The first kappa shape index (κ1) is 25.9. The van der Waals surface area contributed by atoms with Crippen molar-refractivity contribution in [1.29, 1.82) is 0 Å². The number of nitrogens with zero attached hydrogens (tertiary/aromatic N) is 1. The molecule has 0 radical (unpaired) electrons. The molecule has 0 fully saturated rings. The summed E-state index contributed by atoms with van der Waals surface area (Å²) in [5.41, 5.74) is 14.8. The van der Waals surface area contributed by atoms with Crippen LogP contribution in [0.1, 0.15) is 25.0 Å². The molecule has 0 bridgehead atoms. The lowest BCUT2D eigenvalue weighted by molar-refractivity contribution is 0.632. The third-order valence-electron chi connectivity index (χ3n) is 10.3. The zero-order valence-electron chi connectivity index (χ0n) is 26.0. The maximum Gasteiger partial charge on any atom is 0.198 e. The lowest BCUT2D eigenvalue weighted by atomic mass is 9.57. The Balaban J connectivity index is 1.50. The van der Waals surface area contributed by atoms with Gasteiger partial charge in [-0.3, -0.25) is 0 Å². The van der Waals surface area contributed by atoms with Crippen LogP contribution in [0, 0.1) is 0 Å². The first-order valence-electron chi connectivity index (χ1n) is 15.8. The van der Waals surface area contributed by atoms with Gasteiger partial charge in [0, 0.05) is 44.3 Å². The van der Waals surface area contributed by atoms with Crippen LogP contribution >= 0.6 is 0 Å². The van der Waals surface area contributed by atoms with Crippen LogP contribution in [0.15, 0.2) is 109 Å². The Kier molecular flexibility index (Phi) is 5.16. The van der Waals surface area contributed by atoms with Crippen LogP contribution in [-0.4, -0.2) is 19.9 Å². The van der Waals surface area contributed by atoms with Crippen molar-refractivity contribution in [2.24, 2.45) is 0 Å². The summed E-state index contributed by atoms with van der Waals surface area (Å²) in [5.74, 6) is 0. The van der Waals surface area contributed by atoms with Crippen LogP contribution in [0.2, 0.25) is 19.6 Å². The molecule has 0 spiro atoms. The minimum Gasteiger partial charge on any atom is -0.355 e. The van der Waals surface area contributed by atoms with E-state index in [0.29, 0.717) is 0 Å². The molecule has 4 heteroatoms. The van der Waals surface area contributed by atoms with Crippen molar-refractivity contribution in [1.82, 2.24) is 4.57 Å². The first-order valence-corrected chi connectivity index (χ1v) is 19.3. The van der Waals surface area contributed by atoms with Gasteiger partial charge in [0.1, 0.15) is 0 Å². The lowest BCUT2D eigenvalue weighted by Crippen LogP contribution is -2.44. The molecular formula is C40H35BN2Si. The van der Waals surface area contributed by atoms with Gasteiger partial charge >= 0.3 is 0 Å². The molecule has 0 saturated heterocycles. The molecule has 44 heavy (non-hydrogen) atoms. The predicted molar refractivity (Wildman–Crippen MR) is 195 cm³/mol. The Morgan fingerprint density at radius 2 is 1.43 bits per heavy atom. The van der Waals surface area contributed by atoms with Crippen molar-refractivity contribution in [3.8, 4) is 16.8 Å². The summed E-state index contributed by atoms with van der Waals surface area (Å²) in [5, 5.41) is 11.0. The van der Waals surface area contributed by atoms with E-state index in [-0.39, 0.29) is 5.41 Å². The van der Waals surface area contributed by atoms with Crippen molar-refractivity contribution in [3.63, 3.8) is 0 Å². The molecular weight excluding hydrogens is 547 g/mol. The van der Waals surface area contributed by atoms with Gasteiger partial charge in [-0.15, -0.1) is 0 Å².